The zero-order valence-electron chi connectivity index (χ0n) is 15.6. The minimum atomic E-state index is -0.0730. The molecule has 1 saturated heterocycles. The molecule has 1 aliphatic carbocycles. The summed E-state index contributed by atoms with van der Waals surface area (Å²) in [5.74, 6) is 1.31. The van der Waals surface area contributed by atoms with Crippen LogP contribution < -0.4 is 14.8 Å². The first kappa shape index (κ1) is 20.2. The fourth-order valence-electron chi connectivity index (χ4n) is 3.13. The van der Waals surface area contributed by atoms with Gasteiger partial charge in [-0.25, -0.2) is 0 Å². The molecule has 4 rings (SSSR count). The highest BCUT2D eigenvalue weighted by Crippen LogP contribution is 2.32. The summed E-state index contributed by atoms with van der Waals surface area (Å²) in [4.78, 5) is 14.3. The minimum absolute atomic E-state index is 0.0730. The van der Waals surface area contributed by atoms with Crippen LogP contribution in [0.25, 0.3) is 6.08 Å². The Morgan fingerprint density at radius 2 is 2.03 bits per heavy atom. The molecule has 1 N–H and O–H groups in total. The molecule has 1 amide bonds. The van der Waals surface area contributed by atoms with Crippen molar-refractivity contribution in [2.75, 3.05) is 7.11 Å². The molecule has 0 bridgehead atoms. The third kappa shape index (κ3) is 4.42. The van der Waals surface area contributed by atoms with E-state index in [1.54, 1.807) is 36.3 Å². The number of ether oxygens (including phenoxy) is 2. The number of hydrogen-bond acceptors (Lipinski definition) is 4. The van der Waals surface area contributed by atoms with Crippen molar-refractivity contribution in [3.8, 4) is 11.5 Å². The number of hydrogen-bond donors (Lipinski definition) is 1. The second-order valence-electron chi connectivity index (χ2n) is 6.83. The topological polar surface area (TPSA) is 50.8 Å². The number of rotatable bonds is 6. The van der Waals surface area contributed by atoms with Crippen LogP contribution >= 0.6 is 39.7 Å². The number of carbonyl (C=O) groups excluding carboxylic acids is 1. The number of nitrogens with zero attached hydrogens (tertiary/aromatic N) is 1. The summed E-state index contributed by atoms with van der Waals surface area (Å²) in [5, 5.41) is 4.14. The van der Waals surface area contributed by atoms with Gasteiger partial charge in [0.2, 0.25) is 0 Å². The molecule has 1 saturated carbocycles. The van der Waals surface area contributed by atoms with Crippen molar-refractivity contribution in [2.24, 2.45) is 0 Å². The van der Waals surface area contributed by atoms with Gasteiger partial charge in [0.15, 0.2) is 5.11 Å². The van der Waals surface area contributed by atoms with E-state index < -0.39 is 0 Å². The van der Waals surface area contributed by atoms with Crippen LogP contribution in [-0.2, 0) is 11.4 Å². The smallest absolute Gasteiger partial charge is 0.276 e. The van der Waals surface area contributed by atoms with Crippen molar-refractivity contribution >= 4 is 56.8 Å². The lowest BCUT2D eigenvalue weighted by Crippen LogP contribution is -2.32. The molecule has 2 aromatic rings. The molecular weight excluding hydrogens is 476 g/mol. The van der Waals surface area contributed by atoms with Crippen LogP contribution in [0.15, 0.2) is 46.6 Å². The van der Waals surface area contributed by atoms with Crippen LogP contribution in [0.2, 0.25) is 5.02 Å². The van der Waals surface area contributed by atoms with Gasteiger partial charge in [-0.1, -0.05) is 17.7 Å². The summed E-state index contributed by atoms with van der Waals surface area (Å²) in [5.41, 5.74) is 2.20. The second kappa shape index (κ2) is 8.34. The molecule has 2 fully saturated rings. The quantitative estimate of drug-likeness (QED) is 0.458. The average molecular weight is 494 g/mol. The molecule has 8 heteroatoms. The average Bonchev–Trinajstić information content (AvgIpc) is 3.47. The molecule has 0 aromatic heterocycles. The molecule has 150 valence electrons. The molecule has 1 heterocycles. The number of benzene rings is 2. The van der Waals surface area contributed by atoms with Crippen LogP contribution in [0.1, 0.15) is 24.0 Å². The highest BCUT2D eigenvalue weighted by molar-refractivity contribution is 9.10. The van der Waals surface area contributed by atoms with E-state index in [-0.39, 0.29) is 11.9 Å². The van der Waals surface area contributed by atoms with Gasteiger partial charge in [-0.2, -0.15) is 0 Å². The maximum absolute atomic E-state index is 12.6. The Morgan fingerprint density at radius 3 is 2.72 bits per heavy atom. The molecule has 5 nitrogen and oxygen atoms in total. The number of amides is 1. The summed E-state index contributed by atoms with van der Waals surface area (Å²) < 4.78 is 12.2. The van der Waals surface area contributed by atoms with Gasteiger partial charge < -0.3 is 14.8 Å². The molecule has 0 radical (unpaired) electrons. The lowest BCUT2D eigenvalue weighted by atomic mass is 10.1. The first-order valence-corrected chi connectivity index (χ1v) is 10.6. The van der Waals surface area contributed by atoms with Gasteiger partial charge in [-0.15, -0.1) is 0 Å². The van der Waals surface area contributed by atoms with Crippen molar-refractivity contribution < 1.29 is 14.3 Å². The molecule has 29 heavy (non-hydrogen) atoms. The highest BCUT2D eigenvalue weighted by Gasteiger charge is 2.41. The summed E-state index contributed by atoms with van der Waals surface area (Å²) in [6.07, 6.45) is 3.81. The van der Waals surface area contributed by atoms with Crippen molar-refractivity contribution in [1.29, 1.82) is 0 Å². The Hall–Kier alpha value is -2.09. The third-order valence-electron chi connectivity index (χ3n) is 4.71. The molecule has 2 aliphatic rings. The molecule has 1 aliphatic heterocycles. The van der Waals surface area contributed by atoms with Gasteiger partial charge in [0.05, 0.1) is 11.6 Å². The van der Waals surface area contributed by atoms with Crippen LogP contribution in [0.4, 0.5) is 0 Å². The largest absolute Gasteiger partial charge is 0.496 e. The van der Waals surface area contributed by atoms with E-state index in [4.69, 9.17) is 33.3 Å². The SMILES string of the molecule is COc1ccc(/C=C2/NC(=S)N(C3CC3)C2=O)cc1COc1ccc(Cl)cc1Br. The van der Waals surface area contributed by atoms with Crippen LogP contribution in [0, 0.1) is 0 Å². The van der Waals surface area contributed by atoms with E-state index >= 15 is 0 Å². The minimum Gasteiger partial charge on any atom is -0.496 e. The number of carbonyl (C=O) groups is 1. The number of nitrogens with one attached hydrogen (secondary N) is 1. The van der Waals surface area contributed by atoms with E-state index in [0.29, 0.717) is 33.9 Å². The van der Waals surface area contributed by atoms with Crippen molar-refractivity contribution in [3.63, 3.8) is 0 Å². The zero-order valence-corrected chi connectivity index (χ0v) is 18.7. The fourth-order valence-corrected chi connectivity index (χ4v) is 4.27. The molecule has 2 aromatic carbocycles. The lowest BCUT2D eigenvalue weighted by Gasteiger charge is -2.13. The Bertz CT molecular complexity index is 1020. The van der Waals surface area contributed by atoms with Gasteiger partial charge in [0.1, 0.15) is 23.8 Å². The molecule has 0 spiro atoms. The van der Waals surface area contributed by atoms with E-state index in [1.165, 1.54) is 0 Å². The normalized spacial score (nSPS) is 17.6. The Labute approximate surface area is 187 Å². The standard InChI is InChI=1S/C21H18BrClN2O3S/c1-27-18-6-2-12(9-17-20(26)25(15-4-5-15)21(29)24-17)8-13(18)11-28-19-7-3-14(23)10-16(19)22/h2-3,6-10,15H,4-5,11H2,1H3,(H,24,29)/b17-9+. The van der Waals surface area contributed by atoms with Crippen LogP contribution in [0.5, 0.6) is 11.5 Å². The number of thiocarbonyl (C=S) groups is 1. The Morgan fingerprint density at radius 1 is 1.28 bits per heavy atom. The zero-order chi connectivity index (χ0) is 20.5. The van der Waals surface area contributed by atoms with E-state index in [1.807, 2.05) is 18.2 Å². The molecule has 0 unspecified atom stereocenters. The second-order valence-corrected chi connectivity index (χ2v) is 8.51. The lowest BCUT2D eigenvalue weighted by molar-refractivity contribution is -0.122. The third-order valence-corrected chi connectivity index (χ3v) is 5.87. The number of halogens is 2. The highest BCUT2D eigenvalue weighted by atomic mass is 79.9. The van der Waals surface area contributed by atoms with Crippen molar-refractivity contribution in [3.05, 3.63) is 62.7 Å². The van der Waals surface area contributed by atoms with E-state index in [0.717, 1.165) is 28.4 Å². The van der Waals surface area contributed by atoms with E-state index in [9.17, 15) is 4.79 Å². The van der Waals surface area contributed by atoms with Crippen LogP contribution in [-0.4, -0.2) is 29.1 Å². The van der Waals surface area contributed by atoms with Gasteiger partial charge >= 0.3 is 0 Å². The summed E-state index contributed by atoms with van der Waals surface area (Å²) >= 11 is 14.7. The Balaban J connectivity index is 1.55. The fraction of sp³-hybridized carbons (Fsp3) is 0.238. The van der Waals surface area contributed by atoms with E-state index in [2.05, 4.69) is 21.2 Å². The molecular formula is C21H18BrClN2O3S. The number of methoxy groups -OCH3 is 1. The van der Waals surface area contributed by atoms with Gasteiger partial charge in [0, 0.05) is 16.6 Å². The monoisotopic (exact) mass is 492 g/mol. The first-order chi connectivity index (χ1) is 14.0. The van der Waals surface area contributed by atoms with Gasteiger partial charge in [-0.3, -0.25) is 9.69 Å². The molecule has 0 atom stereocenters. The van der Waals surface area contributed by atoms with Gasteiger partial charge in [0.25, 0.3) is 5.91 Å². The summed E-state index contributed by atoms with van der Waals surface area (Å²) in [6, 6.07) is 11.3. The summed E-state index contributed by atoms with van der Waals surface area (Å²) in [7, 11) is 1.61. The first-order valence-electron chi connectivity index (χ1n) is 9.07. The van der Waals surface area contributed by atoms with Crippen molar-refractivity contribution in [2.45, 2.75) is 25.5 Å². The Kier molecular flexibility index (Phi) is 5.81. The maximum atomic E-state index is 12.6. The van der Waals surface area contributed by atoms with Crippen molar-refractivity contribution in [1.82, 2.24) is 10.2 Å². The summed E-state index contributed by atoms with van der Waals surface area (Å²) in [6.45, 7) is 0.300. The van der Waals surface area contributed by atoms with Gasteiger partial charge in [-0.05, 0) is 83.0 Å². The predicted molar refractivity (Wildman–Crippen MR) is 120 cm³/mol. The maximum Gasteiger partial charge on any atom is 0.276 e. The predicted octanol–water partition coefficient (Wildman–Crippen LogP) is 4.91. The van der Waals surface area contributed by atoms with Crippen LogP contribution in [0.3, 0.4) is 0 Å².